The van der Waals surface area contributed by atoms with Gasteiger partial charge in [-0.05, 0) is 70.8 Å². The number of pyridine rings is 1. The smallest absolute Gasteiger partial charge is 0.416 e. The predicted octanol–water partition coefficient (Wildman–Crippen LogP) is 6.20. The number of hydrogen-bond donors (Lipinski definition) is 2. The fourth-order valence-electron chi connectivity index (χ4n) is 4.54. The molecule has 178 valence electrons. The summed E-state index contributed by atoms with van der Waals surface area (Å²) in [5.74, 6) is -0.772. The van der Waals surface area contributed by atoms with Crippen LogP contribution in [0.25, 0.3) is 21.9 Å². The zero-order chi connectivity index (χ0) is 24.7. The van der Waals surface area contributed by atoms with Gasteiger partial charge in [0.05, 0.1) is 12.0 Å². The Morgan fingerprint density at radius 1 is 1.06 bits per heavy atom. The van der Waals surface area contributed by atoms with Gasteiger partial charge >= 0.3 is 12.1 Å². The third kappa shape index (κ3) is 4.51. The number of nitrogen functional groups attached to an aromatic ring is 1. The Labute approximate surface area is 199 Å². The number of carboxylic acid groups (broad SMARTS) is 1. The summed E-state index contributed by atoms with van der Waals surface area (Å²) < 4.78 is 46.0. The van der Waals surface area contributed by atoms with Gasteiger partial charge in [-0.3, -0.25) is 4.79 Å². The van der Waals surface area contributed by atoms with E-state index in [0.717, 1.165) is 45.2 Å². The van der Waals surface area contributed by atoms with Crippen molar-refractivity contribution in [2.45, 2.75) is 31.5 Å². The van der Waals surface area contributed by atoms with Crippen molar-refractivity contribution in [2.24, 2.45) is 0 Å². The molecule has 1 aromatic heterocycles. The molecule has 0 amide bonds. The number of alkyl halides is 3. The zero-order valence-electron chi connectivity index (χ0n) is 18.5. The molecule has 0 radical (unpaired) electrons. The minimum absolute atomic E-state index is 0.0602. The van der Waals surface area contributed by atoms with E-state index in [2.05, 4.69) is 4.98 Å². The Morgan fingerprint density at radius 2 is 1.83 bits per heavy atom. The second-order valence-corrected chi connectivity index (χ2v) is 8.58. The van der Waals surface area contributed by atoms with E-state index in [1.165, 1.54) is 6.07 Å². The highest BCUT2D eigenvalue weighted by molar-refractivity contribution is 5.94. The van der Waals surface area contributed by atoms with Crippen molar-refractivity contribution < 1.29 is 27.8 Å². The molecule has 0 aliphatic heterocycles. The van der Waals surface area contributed by atoms with Crippen LogP contribution in [-0.4, -0.2) is 16.1 Å². The average molecular weight is 478 g/mol. The predicted molar refractivity (Wildman–Crippen MR) is 126 cm³/mol. The third-order valence-corrected chi connectivity index (χ3v) is 6.30. The van der Waals surface area contributed by atoms with Gasteiger partial charge in [0.25, 0.3) is 0 Å². The van der Waals surface area contributed by atoms with Gasteiger partial charge < -0.3 is 15.6 Å². The first kappa shape index (κ1) is 22.7. The molecule has 1 aliphatic rings. The zero-order valence-corrected chi connectivity index (χ0v) is 18.5. The number of fused-ring (bicyclic) bond motifs is 2. The van der Waals surface area contributed by atoms with Crippen LogP contribution in [0, 0.1) is 0 Å². The fraction of sp³-hybridized carbons (Fsp3) is 0.185. The SMILES string of the molecule is Nc1nccc2ccc(-c3ccc4c(c3)C(Oc3cc(C(F)(F)F)ccc3CC(=O)O)CC4)cc12. The van der Waals surface area contributed by atoms with Crippen LogP contribution in [0.3, 0.4) is 0 Å². The van der Waals surface area contributed by atoms with Crippen molar-refractivity contribution in [3.63, 3.8) is 0 Å². The van der Waals surface area contributed by atoms with Crippen molar-refractivity contribution in [3.05, 3.63) is 89.1 Å². The molecule has 35 heavy (non-hydrogen) atoms. The van der Waals surface area contributed by atoms with Gasteiger partial charge in [0.15, 0.2) is 0 Å². The normalized spacial score (nSPS) is 15.2. The number of nitrogens with two attached hydrogens (primary N) is 1. The lowest BCUT2D eigenvalue weighted by molar-refractivity contribution is -0.137. The number of aromatic nitrogens is 1. The Balaban J connectivity index is 1.50. The maximum atomic E-state index is 13.3. The number of carbonyl (C=O) groups is 1. The number of hydrogen-bond acceptors (Lipinski definition) is 4. The van der Waals surface area contributed by atoms with Crippen LogP contribution in [0.5, 0.6) is 5.75 Å². The molecule has 3 N–H and O–H groups in total. The maximum Gasteiger partial charge on any atom is 0.416 e. The summed E-state index contributed by atoms with van der Waals surface area (Å²) >= 11 is 0. The molecule has 0 saturated carbocycles. The van der Waals surface area contributed by atoms with Crippen molar-refractivity contribution in [3.8, 4) is 16.9 Å². The third-order valence-electron chi connectivity index (χ3n) is 6.30. The molecule has 1 atom stereocenters. The van der Waals surface area contributed by atoms with Crippen LogP contribution in [0.4, 0.5) is 19.0 Å². The van der Waals surface area contributed by atoms with E-state index in [1.54, 1.807) is 6.20 Å². The lowest BCUT2D eigenvalue weighted by atomic mass is 9.98. The molecule has 1 heterocycles. The molecule has 1 aliphatic carbocycles. The van der Waals surface area contributed by atoms with E-state index < -0.39 is 30.2 Å². The molecule has 5 nitrogen and oxygen atoms in total. The largest absolute Gasteiger partial charge is 0.485 e. The summed E-state index contributed by atoms with van der Waals surface area (Å²) in [6.45, 7) is 0. The summed E-state index contributed by atoms with van der Waals surface area (Å²) in [5, 5.41) is 11.0. The molecule has 1 unspecified atom stereocenters. The Bertz CT molecular complexity index is 1450. The number of aliphatic carboxylic acids is 1. The van der Waals surface area contributed by atoms with Crippen LogP contribution in [0.2, 0.25) is 0 Å². The summed E-state index contributed by atoms with van der Waals surface area (Å²) in [6, 6.07) is 16.7. The van der Waals surface area contributed by atoms with Crippen molar-refractivity contribution in [1.82, 2.24) is 4.98 Å². The molecule has 0 fully saturated rings. The minimum atomic E-state index is -4.56. The summed E-state index contributed by atoms with van der Waals surface area (Å²) in [6.07, 6.45) is -2.54. The summed E-state index contributed by atoms with van der Waals surface area (Å²) in [7, 11) is 0. The van der Waals surface area contributed by atoms with Crippen LogP contribution in [0.15, 0.2) is 66.9 Å². The van der Waals surface area contributed by atoms with E-state index in [0.29, 0.717) is 18.7 Å². The first-order valence-electron chi connectivity index (χ1n) is 11.0. The molecular formula is C27H21F3N2O3. The number of rotatable bonds is 5. The average Bonchev–Trinajstić information content (AvgIpc) is 3.21. The maximum absolute atomic E-state index is 13.3. The number of nitrogens with zero attached hydrogens (tertiary/aromatic N) is 1. The van der Waals surface area contributed by atoms with E-state index in [9.17, 15) is 23.1 Å². The van der Waals surface area contributed by atoms with E-state index in [4.69, 9.17) is 10.5 Å². The number of benzene rings is 3. The van der Waals surface area contributed by atoms with Gasteiger partial charge in [-0.1, -0.05) is 30.3 Å². The van der Waals surface area contributed by atoms with Crippen molar-refractivity contribution >= 4 is 22.6 Å². The molecule has 0 saturated heterocycles. The minimum Gasteiger partial charge on any atom is -0.485 e. The lowest BCUT2D eigenvalue weighted by Crippen LogP contribution is -2.11. The van der Waals surface area contributed by atoms with Crippen LogP contribution < -0.4 is 10.5 Å². The van der Waals surface area contributed by atoms with Crippen LogP contribution in [-0.2, 0) is 23.8 Å². The highest BCUT2D eigenvalue weighted by Gasteiger charge is 2.32. The quantitative estimate of drug-likeness (QED) is 0.357. The second-order valence-electron chi connectivity index (χ2n) is 8.58. The Hall–Kier alpha value is -4.07. The van der Waals surface area contributed by atoms with Gasteiger partial charge in [0.1, 0.15) is 17.7 Å². The number of halogens is 3. The number of aryl methyl sites for hydroxylation is 1. The van der Waals surface area contributed by atoms with Gasteiger partial charge in [-0.25, -0.2) is 4.98 Å². The first-order valence-corrected chi connectivity index (χ1v) is 11.0. The molecule has 0 bridgehead atoms. The van der Waals surface area contributed by atoms with Gasteiger partial charge in [-0.15, -0.1) is 0 Å². The molecule has 4 aromatic rings. The molecule has 0 spiro atoms. The second kappa shape index (κ2) is 8.61. The van der Waals surface area contributed by atoms with Gasteiger partial charge in [0, 0.05) is 17.1 Å². The topological polar surface area (TPSA) is 85.4 Å². The van der Waals surface area contributed by atoms with Gasteiger partial charge in [-0.2, -0.15) is 13.2 Å². The van der Waals surface area contributed by atoms with Gasteiger partial charge in [0.2, 0.25) is 0 Å². The highest BCUT2D eigenvalue weighted by Crippen LogP contribution is 2.40. The standard InChI is InChI=1S/C27H21F3N2O3/c28-27(29,30)20-7-5-19(13-25(33)34)24(14-20)35-23-8-6-15-1-3-17(11-21(15)23)18-4-2-16-9-10-32-26(31)22(16)12-18/h1-5,7,9-12,14,23H,6,8,13H2,(H2,31,32)(H,33,34). The van der Waals surface area contributed by atoms with Crippen LogP contribution in [0.1, 0.15) is 34.8 Å². The molecule has 8 heteroatoms. The number of carboxylic acids is 1. The molecular weight excluding hydrogens is 457 g/mol. The Kier molecular flexibility index (Phi) is 5.59. The van der Waals surface area contributed by atoms with Crippen molar-refractivity contribution in [2.75, 3.05) is 5.73 Å². The Morgan fingerprint density at radius 3 is 2.60 bits per heavy atom. The fourth-order valence-corrected chi connectivity index (χ4v) is 4.54. The number of anilines is 1. The molecule has 5 rings (SSSR count). The van der Waals surface area contributed by atoms with E-state index in [-0.39, 0.29) is 11.3 Å². The van der Waals surface area contributed by atoms with E-state index in [1.807, 2.05) is 42.5 Å². The van der Waals surface area contributed by atoms with Crippen LogP contribution >= 0.6 is 0 Å². The summed E-state index contributed by atoms with van der Waals surface area (Å²) in [4.78, 5) is 15.4. The molecule has 3 aromatic carbocycles. The lowest BCUT2D eigenvalue weighted by Gasteiger charge is -2.19. The van der Waals surface area contributed by atoms with Crippen molar-refractivity contribution in [1.29, 1.82) is 0 Å². The first-order chi connectivity index (χ1) is 16.7. The summed E-state index contributed by atoms with van der Waals surface area (Å²) in [5.41, 5.74) is 9.13. The number of ether oxygens (including phenoxy) is 1. The monoisotopic (exact) mass is 478 g/mol. The van der Waals surface area contributed by atoms with E-state index >= 15 is 0 Å². The highest BCUT2D eigenvalue weighted by atomic mass is 19.4.